The fourth-order valence-electron chi connectivity index (χ4n) is 3.87. The van der Waals surface area contributed by atoms with Gasteiger partial charge in [-0.15, -0.1) is 0 Å². The number of alkyl halides is 3. The molecule has 9 heteroatoms. The van der Waals surface area contributed by atoms with Crippen LogP contribution >= 0.6 is 0 Å². The number of hydrogen-bond donors (Lipinski definition) is 0. The van der Waals surface area contributed by atoms with Crippen LogP contribution in [-0.4, -0.2) is 61.4 Å². The van der Waals surface area contributed by atoms with Crippen molar-refractivity contribution in [3.05, 3.63) is 35.1 Å². The minimum absolute atomic E-state index is 0.0251. The van der Waals surface area contributed by atoms with Crippen molar-refractivity contribution in [3.63, 3.8) is 0 Å². The summed E-state index contributed by atoms with van der Waals surface area (Å²) in [5.74, 6) is -0.770. The maximum absolute atomic E-state index is 13.5. The number of benzene rings is 1. The third-order valence-corrected chi connectivity index (χ3v) is 6.76. The van der Waals surface area contributed by atoms with Crippen LogP contribution < -0.4 is 0 Å². The Hall–Kier alpha value is -1.19. The zero-order valence-corrected chi connectivity index (χ0v) is 14.6. The molecule has 0 aliphatic carbocycles. The summed E-state index contributed by atoms with van der Waals surface area (Å²) in [5.41, 5.74) is -1.02. The van der Waals surface area contributed by atoms with Crippen molar-refractivity contribution in [2.45, 2.75) is 31.7 Å². The monoisotopic (exact) mass is 380 g/mol. The van der Waals surface area contributed by atoms with Crippen molar-refractivity contribution in [2.24, 2.45) is 0 Å². The van der Waals surface area contributed by atoms with Crippen LogP contribution in [0.3, 0.4) is 0 Å². The number of rotatable bonds is 3. The van der Waals surface area contributed by atoms with E-state index in [-0.39, 0.29) is 35.7 Å². The predicted octanol–water partition coefficient (Wildman–Crippen LogP) is 2.15. The molecule has 4 nitrogen and oxygen atoms in total. The molecule has 140 valence electrons. The summed E-state index contributed by atoms with van der Waals surface area (Å²) in [4.78, 5) is 3.81. The van der Waals surface area contributed by atoms with Crippen LogP contribution in [0.25, 0.3) is 0 Å². The quantitative estimate of drug-likeness (QED) is 0.754. The highest BCUT2D eigenvalue weighted by molar-refractivity contribution is 7.91. The number of likely N-dealkylation sites (N-methyl/N-ethyl adjacent to an activating group) is 1. The first-order valence-electron chi connectivity index (χ1n) is 8.15. The van der Waals surface area contributed by atoms with E-state index in [9.17, 15) is 26.0 Å². The Morgan fingerprint density at radius 1 is 1.12 bits per heavy atom. The molecule has 0 N–H and O–H groups in total. The molecule has 2 heterocycles. The molecule has 0 bridgehead atoms. The van der Waals surface area contributed by atoms with Gasteiger partial charge in [0.05, 0.1) is 17.1 Å². The highest BCUT2D eigenvalue weighted by atomic mass is 32.2. The fraction of sp³-hybridized carbons (Fsp3) is 0.625. The van der Waals surface area contributed by atoms with Gasteiger partial charge in [-0.2, -0.15) is 13.2 Å². The molecule has 0 spiro atoms. The molecule has 1 aromatic rings. The van der Waals surface area contributed by atoms with Crippen molar-refractivity contribution in [1.29, 1.82) is 0 Å². The minimum Gasteiger partial charge on any atom is -0.297 e. The molecule has 2 atom stereocenters. The normalized spacial score (nSPS) is 27.4. The fourth-order valence-corrected chi connectivity index (χ4v) is 5.92. The number of fused-ring (bicyclic) bond motifs is 1. The summed E-state index contributed by atoms with van der Waals surface area (Å²) in [6.07, 6.45) is -4.57. The SMILES string of the molecule is CCN1CCN(Cc2cc(F)ccc2C(F)(F)F)[C@H]2CS(=O)(=O)C[C@H]21. The van der Waals surface area contributed by atoms with E-state index in [1.807, 2.05) is 6.92 Å². The molecule has 2 aliphatic rings. The number of hydrogen-bond acceptors (Lipinski definition) is 4. The van der Waals surface area contributed by atoms with Gasteiger partial charge in [0.25, 0.3) is 0 Å². The Kier molecular flexibility index (Phi) is 4.85. The number of sulfone groups is 1. The van der Waals surface area contributed by atoms with Crippen LogP contribution in [0, 0.1) is 5.82 Å². The van der Waals surface area contributed by atoms with Gasteiger partial charge in [0, 0.05) is 31.7 Å². The summed E-state index contributed by atoms with van der Waals surface area (Å²) in [5, 5.41) is 0. The standard InChI is InChI=1S/C16H20F4N2O2S/c1-2-21-5-6-22(15-10-25(23,24)9-14(15)21)8-11-7-12(17)3-4-13(11)16(18,19)20/h3-4,7,14-15H,2,5-6,8-10H2,1H3/t14-,15+/m1/s1. The van der Waals surface area contributed by atoms with Crippen molar-refractivity contribution < 1.29 is 26.0 Å². The maximum Gasteiger partial charge on any atom is 0.416 e. The second-order valence-electron chi connectivity index (χ2n) is 6.61. The predicted molar refractivity (Wildman–Crippen MR) is 85.3 cm³/mol. The first-order chi connectivity index (χ1) is 11.6. The van der Waals surface area contributed by atoms with E-state index in [0.717, 1.165) is 18.2 Å². The van der Waals surface area contributed by atoms with Crippen molar-refractivity contribution in [3.8, 4) is 0 Å². The van der Waals surface area contributed by atoms with Crippen molar-refractivity contribution >= 4 is 9.84 Å². The third-order valence-electron chi connectivity index (χ3n) is 5.06. The third kappa shape index (κ3) is 3.83. The van der Waals surface area contributed by atoms with Gasteiger partial charge in [0.2, 0.25) is 0 Å². The van der Waals surface area contributed by atoms with E-state index in [1.54, 1.807) is 4.90 Å². The molecule has 25 heavy (non-hydrogen) atoms. The Morgan fingerprint density at radius 3 is 2.32 bits per heavy atom. The lowest BCUT2D eigenvalue weighted by Gasteiger charge is -2.43. The first kappa shape index (κ1) is 18.6. The molecule has 0 saturated carbocycles. The molecule has 2 saturated heterocycles. The van der Waals surface area contributed by atoms with E-state index < -0.39 is 27.4 Å². The summed E-state index contributed by atoms with van der Waals surface area (Å²) in [6, 6.07) is 1.86. The Labute approximate surface area is 144 Å². The van der Waals surface area contributed by atoms with E-state index in [1.165, 1.54) is 0 Å². The van der Waals surface area contributed by atoms with Crippen LogP contribution in [0.1, 0.15) is 18.1 Å². The largest absolute Gasteiger partial charge is 0.416 e. The number of nitrogens with zero attached hydrogens (tertiary/aromatic N) is 2. The number of halogens is 4. The van der Waals surface area contributed by atoms with Crippen LogP contribution in [0.2, 0.25) is 0 Å². The van der Waals surface area contributed by atoms with Crippen LogP contribution in [-0.2, 0) is 22.6 Å². The molecule has 2 aliphatic heterocycles. The average Bonchev–Trinajstić information content (AvgIpc) is 2.82. The first-order valence-corrected chi connectivity index (χ1v) is 9.97. The summed E-state index contributed by atoms with van der Waals surface area (Å²) >= 11 is 0. The lowest BCUT2D eigenvalue weighted by atomic mass is 10.0. The van der Waals surface area contributed by atoms with Crippen molar-refractivity contribution in [2.75, 3.05) is 31.1 Å². The molecule has 0 amide bonds. The summed E-state index contributed by atoms with van der Waals surface area (Å²) < 4.78 is 77.2. The molecule has 0 radical (unpaired) electrons. The second kappa shape index (κ2) is 6.51. The molecule has 0 aromatic heterocycles. The van der Waals surface area contributed by atoms with Gasteiger partial charge in [0.1, 0.15) is 5.82 Å². The van der Waals surface area contributed by atoms with E-state index >= 15 is 0 Å². The van der Waals surface area contributed by atoms with Crippen LogP contribution in [0.15, 0.2) is 18.2 Å². The molecule has 2 fully saturated rings. The topological polar surface area (TPSA) is 40.6 Å². The van der Waals surface area contributed by atoms with E-state index in [4.69, 9.17) is 0 Å². The molecule has 3 rings (SSSR count). The Bertz CT molecular complexity index is 751. The minimum atomic E-state index is -4.57. The lowest BCUT2D eigenvalue weighted by molar-refractivity contribution is -0.138. The lowest BCUT2D eigenvalue weighted by Crippen LogP contribution is -2.58. The second-order valence-corrected chi connectivity index (χ2v) is 8.76. The van der Waals surface area contributed by atoms with Gasteiger partial charge >= 0.3 is 6.18 Å². The van der Waals surface area contributed by atoms with Gasteiger partial charge in [-0.25, -0.2) is 12.8 Å². The Balaban J connectivity index is 1.90. The number of piperazine rings is 1. The summed E-state index contributed by atoms with van der Waals surface area (Å²) in [7, 11) is -3.22. The maximum atomic E-state index is 13.5. The van der Waals surface area contributed by atoms with Gasteiger partial charge in [0.15, 0.2) is 9.84 Å². The van der Waals surface area contributed by atoms with Gasteiger partial charge in [-0.05, 0) is 30.3 Å². The molecule has 1 aromatic carbocycles. The molecule has 0 unspecified atom stereocenters. The van der Waals surface area contributed by atoms with E-state index in [2.05, 4.69) is 4.90 Å². The van der Waals surface area contributed by atoms with E-state index in [0.29, 0.717) is 19.6 Å². The highest BCUT2D eigenvalue weighted by Crippen LogP contribution is 2.34. The molecular formula is C16H20F4N2O2S. The zero-order chi connectivity index (χ0) is 18.4. The van der Waals surface area contributed by atoms with Crippen LogP contribution in [0.5, 0.6) is 0 Å². The van der Waals surface area contributed by atoms with Gasteiger partial charge in [-0.1, -0.05) is 6.92 Å². The van der Waals surface area contributed by atoms with Crippen molar-refractivity contribution in [1.82, 2.24) is 9.80 Å². The van der Waals surface area contributed by atoms with Gasteiger partial charge in [-0.3, -0.25) is 9.80 Å². The summed E-state index contributed by atoms with van der Waals surface area (Å²) in [6.45, 7) is 3.56. The van der Waals surface area contributed by atoms with Gasteiger partial charge < -0.3 is 0 Å². The molecular weight excluding hydrogens is 360 g/mol. The average molecular weight is 380 g/mol. The van der Waals surface area contributed by atoms with Crippen LogP contribution in [0.4, 0.5) is 17.6 Å². The zero-order valence-electron chi connectivity index (χ0n) is 13.8. The smallest absolute Gasteiger partial charge is 0.297 e. The Morgan fingerprint density at radius 2 is 1.72 bits per heavy atom. The highest BCUT2D eigenvalue weighted by Gasteiger charge is 2.46.